The van der Waals surface area contributed by atoms with Crippen LogP contribution in [0.25, 0.3) is 66.4 Å². The van der Waals surface area contributed by atoms with Gasteiger partial charge in [0.15, 0.2) is 0 Å². The molecule has 0 aromatic heterocycles. The van der Waals surface area contributed by atoms with Crippen molar-refractivity contribution in [1.82, 2.24) is 0 Å². The van der Waals surface area contributed by atoms with E-state index in [9.17, 15) is 0 Å². The zero-order valence-corrected chi connectivity index (χ0v) is 29.3. The molecule has 0 atom stereocenters. The second-order valence-corrected chi connectivity index (χ2v) is 13.4. The van der Waals surface area contributed by atoms with E-state index in [4.69, 9.17) is 0 Å². The predicted molar refractivity (Wildman–Crippen MR) is 226 cm³/mol. The summed E-state index contributed by atoms with van der Waals surface area (Å²) in [5, 5.41) is 2.48. The summed E-state index contributed by atoms with van der Waals surface area (Å²) in [5.74, 6) is 0. The highest BCUT2D eigenvalue weighted by atomic mass is 15.1. The Morgan fingerprint density at radius 1 is 0.226 bits per heavy atom. The van der Waals surface area contributed by atoms with Crippen LogP contribution < -0.4 is 4.90 Å². The highest BCUT2D eigenvalue weighted by Gasteiger charge is 2.14. The van der Waals surface area contributed by atoms with Crippen molar-refractivity contribution in [2.75, 3.05) is 4.90 Å². The van der Waals surface area contributed by atoms with Crippen molar-refractivity contribution in [3.05, 3.63) is 224 Å². The minimum absolute atomic E-state index is 1.10. The molecule has 0 unspecified atom stereocenters. The van der Waals surface area contributed by atoms with Gasteiger partial charge in [-0.25, -0.2) is 0 Å². The predicted octanol–water partition coefficient (Wildman–Crippen LogP) is 14.6. The van der Waals surface area contributed by atoms with Crippen molar-refractivity contribution in [2.45, 2.75) is 0 Å². The van der Waals surface area contributed by atoms with Crippen LogP contribution >= 0.6 is 0 Å². The molecule has 0 heterocycles. The van der Waals surface area contributed by atoms with Gasteiger partial charge < -0.3 is 4.90 Å². The fourth-order valence-electron chi connectivity index (χ4n) is 7.32. The first kappa shape index (κ1) is 32.0. The molecule has 9 rings (SSSR count). The monoisotopic (exact) mass is 675 g/mol. The molecule has 1 heteroatoms. The largest absolute Gasteiger partial charge is 0.311 e. The van der Waals surface area contributed by atoms with Gasteiger partial charge in [0.2, 0.25) is 0 Å². The smallest absolute Gasteiger partial charge is 0.0462 e. The SMILES string of the molecule is c1ccc(-c2ccc(N(c3ccc(-c4ccccc4)cc3)c3ccc(-c4ccc5cccc(-c6cccc(-c7ccccc7)c6)c5c4)cc3)cc2)cc1. The lowest BCUT2D eigenvalue weighted by Crippen LogP contribution is -2.09. The van der Waals surface area contributed by atoms with Crippen LogP contribution in [0.4, 0.5) is 17.1 Å². The van der Waals surface area contributed by atoms with Gasteiger partial charge in [-0.2, -0.15) is 0 Å². The van der Waals surface area contributed by atoms with E-state index in [0.717, 1.165) is 17.1 Å². The third-order valence-corrected chi connectivity index (χ3v) is 10.1. The first-order valence-corrected chi connectivity index (χ1v) is 18.2. The summed E-state index contributed by atoms with van der Waals surface area (Å²) in [4.78, 5) is 2.34. The van der Waals surface area contributed by atoms with Crippen molar-refractivity contribution in [3.63, 3.8) is 0 Å². The van der Waals surface area contributed by atoms with E-state index < -0.39 is 0 Å². The van der Waals surface area contributed by atoms with Gasteiger partial charge in [0.1, 0.15) is 0 Å². The van der Waals surface area contributed by atoms with Crippen LogP contribution in [0, 0.1) is 0 Å². The van der Waals surface area contributed by atoms with E-state index in [1.54, 1.807) is 0 Å². The molecule has 1 nitrogen and oxygen atoms in total. The molecule has 250 valence electrons. The summed E-state index contributed by atoms with van der Waals surface area (Å²) in [5.41, 5.74) is 15.4. The Labute approximate surface area is 311 Å². The number of hydrogen-bond acceptors (Lipinski definition) is 1. The van der Waals surface area contributed by atoms with Crippen LogP contribution in [0.15, 0.2) is 224 Å². The van der Waals surface area contributed by atoms with E-state index in [1.165, 1.54) is 66.4 Å². The van der Waals surface area contributed by atoms with Gasteiger partial charge in [0, 0.05) is 17.1 Å². The molecule has 0 aliphatic carbocycles. The van der Waals surface area contributed by atoms with Crippen molar-refractivity contribution < 1.29 is 0 Å². The number of benzene rings is 9. The van der Waals surface area contributed by atoms with Gasteiger partial charge in [0.05, 0.1) is 0 Å². The standard InChI is InChI=1S/C52H37N/c1-4-12-38(13-5-1)41-24-30-48(31-25-41)53(49-32-26-42(27-33-49)39-14-6-2-7-15-39)50-34-28-43(29-35-50)46-23-22-44-18-11-21-51(52(44)37-46)47-20-10-19-45(36-47)40-16-8-3-9-17-40/h1-37H. The number of nitrogens with zero attached hydrogens (tertiary/aromatic N) is 1. The summed E-state index contributed by atoms with van der Waals surface area (Å²) in [6.45, 7) is 0. The van der Waals surface area contributed by atoms with Crippen LogP contribution in [0.3, 0.4) is 0 Å². The van der Waals surface area contributed by atoms with Gasteiger partial charge >= 0.3 is 0 Å². The molecule has 53 heavy (non-hydrogen) atoms. The first-order valence-electron chi connectivity index (χ1n) is 18.2. The summed E-state index contributed by atoms with van der Waals surface area (Å²) in [6.07, 6.45) is 0. The first-order chi connectivity index (χ1) is 26.3. The minimum Gasteiger partial charge on any atom is -0.311 e. The van der Waals surface area contributed by atoms with Gasteiger partial charge in [-0.3, -0.25) is 0 Å². The molecule has 9 aromatic carbocycles. The maximum Gasteiger partial charge on any atom is 0.0462 e. The molecule has 9 aromatic rings. The number of hydrogen-bond donors (Lipinski definition) is 0. The Hall–Kier alpha value is -6.96. The average Bonchev–Trinajstić information content (AvgIpc) is 3.25. The Bertz CT molecular complexity index is 2530. The summed E-state index contributed by atoms with van der Waals surface area (Å²) < 4.78 is 0. The van der Waals surface area contributed by atoms with Crippen molar-refractivity contribution in [1.29, 1.82) is 0 Å². The molecule has 0 spiro atoms. The second-order valence-electron chi connectivity index (χ2n) is 13.4. The fourth-order valence-corrected chi connectivity index (χ4v) is 7.32. The molecule has 0 saturated carbocycles. The van der Waals surface area contributed by atoms with Crippen LogP contribution in [0.2, 0.25) is 0 Å². The number of anilines is 3. The van der Waals surface area contributed by atoms with E-state index in [2.05, 4.69) is 229 Å². The maximum absolute atomic E-state index is 2.34. The van der Waals surface area contributed by atoms with E-state index in [1.807, 2.05) is 0 Å². The van der Waals surface area contributed by atoms with Crippen molar-refractivity contribution >= 4 is 27.8 Å². The lowest BCUT2D eigenvalue weighted by Gasteiger charge is -2.26. The third-order valence-electron chi connectivity index (χ3n) is 10.1. The lowest BCUT2D eigenvalue weighted by molar-refractivity contribution is 1.28. The molecule has 0 bridgehead atoms. The number of fused-ring (bicyclic) bond motifs is 1. The zero-order valence-electron chi connectivity index (χ0n) is 29.3. The molecule has 0 aliphatic heterocycles. The topological polar surface area (TPSA) is 3.24 Å². The number of rotatable bonds is 8. The molecule has 0 radical (unpaired) electrons. The van der Waals surface area contributed by atoms with Crippen LogP contribution in [0.5, 0.6) is 0 Å². The highest BCUT2D eigenvalue weighted by Crippen LogP contribution is 2.39. The van der Waals surface area contributed by atoms with E-state index in [0.29, 0.717) is 0 Å². The maximum atomic E-state index is 2.34. The van der Waals surface area contributed by atoms with Crippen molar-refractivity contribution in [3.8, 4) is 55.6 Å². The van der Waals surface area contributed by atoms with Crippen LogP contribution in [-0.4, -0.2) is 0 Å². The van der Waals surface area contributed by atoms with E-state index in [-0.39, 0.29) is 0 Å². The summed E-state index contributed by atoms with van der Waals surface area (Å²) in [7, 11) is 0. The summed E-state index contributed by atoms with van der Waals surface area (Å²) in [6, 6.07) is 80.7. The van der Waals surface area contributed by atoms with Gasteiger partial charge in [0.25, 0.3) is 0 Å². The molecule has 0 aliphatic rings. The van der Waals surface area contributed by atoms with E-state index >= 15 is 0 Å². The molecule has 0 N–H and O–H groups in total. The summed E-state index contributed by atoms with van der Waals surface area (Å²) >= 11 is 0. The molecular formula is C52H37N. The van der Waals surface area contributed by atoms with Crippen LogP contribution in [-0.2, 0) is 0 Å². The zero-order chi connectivity index (χ0) is 35.4. The van der Waals surface area contributed by atoms with Gasteiger partial charge in [-0.15, -0.1) is 0 Å². The Balaban J connectivity index is 1.07. The molecule has 0 amide bonds. The second kappa shape index (κ2) is 14.3. The van der Waals surface area contributed by atoms with Gasteiger partial charge in [-0.1, -0.05) is 176 Å². The average molecular weight is 676 g/mol. The van der Waals surface area contributed by atoms with Crippen molar-refractivity contribution in [2.24, 2.45) is 0 Å². The Morgan fingerprint density at radius 2 is 0.585 bits per heavy atom. The quantitative estimate of drug-likeness (QED) is 0.155. The molecule has 0 saturated heterocycles. The highest BCUT2D eigenvalue weighted by molar-refractivity contribution is 5.99. The molecule has 0 fully saturated rings. The minimum atomic E-state index is 1.10. The molecular weight excluding hydrogens is 639 g/mol. The van der Waals surface area contributed by atoms with Gasteiger partial charge in [-0.05, 0) is 115 Å². The Morgan fingerprint density at radius 3 is 1.09 bits per heavy atom. The Kier molecular flexibility index (Phi) is 8.66. The third kappa shape index (κ3) is 6.65. The van der Waals surface area contributed by atoms with Crippen LogP contribution in [0.1, 0.15) is 0 Å². The lowest BCUT2D eigenvalue weighted by atomic mass is 9.93. The normalized spacial score (nSPS) is 11.0. The fraction of sp³-hybridized carbons (Fsp3) is 0.